The van der Waals surface area contributed by atoms with Gasteiger partial charge in [0, 0.05) is 18.3 Å². The van der Waals surface area contributed by atoms with Crippen LogP contribution in [0, 0.1) is 6.92 Å². The van der Waals surface area contributed by atoms with Gasteiger partial charge in [0.05, 0.1) is 5.69 Å². The predicted octanol–water partition coefficient (Wildman–Crippen LogP) is 2.66. The molecule has 0 unspecified atom stereocenters. The Kier molecular flexibility index (Phi) is 4.59. The Morgan fingerprint density at radius 3 is 2.64 bits per heavy atom. The molecule has 3 rings (SSSR count). The molecule has 2 heterocycles. The Morgan fingerprint density at radius 1 is 1.18 bits per heavy atom. The topological polar surface area (TPSA) is 43.3 Å². The molecule has 4 nitrogen and oxygen atoms in total. The summed E-state index contributed by atoms with van der Waals surface area (Å²) >= 11 is 0. The molecule has 1 N–H and O–H groups in total. The van der Waals surface area contributed by atoms with Crippen molar-refractivity contribution in [2.24, 2.45) is 0 Å². The smallest absolute Gasteiger partial charge is 0.223 e. The van der Waals surface area contributed by atoms with Gasteiger partial charge in [-0.2, -0.15) is 0 Å². The lowest BCUT2D eigenvalue weighted by molar-refractivity contribution is 0.290. The van der Waals surface area contributed by atoms with E-state index in [2.05, 4.69) is 9.88 Å². The number of aromatic nitrogens is 1. The summed E-state index contributed by atoms with van der Waals surface area (Å²) in [6.45, 7) is 4.45. The Labute approximate surface area is 130 Å². The second kappa shape index (κ2) is 6.79. The molecule has 1 aromatic carbocycles. The van der Waals surface area contributed by atoms with E-state index in [1.54, 1.807) is 6.07 Å². The van der Waals surface area contributed by atoms with Gasteiger partial charge in [-0.3, -0.25) is 4.79 Å². The molecule has 0 aliphatic carbocycles. The molecule has 0 saturated carbocycles. The van der Waals surface area contributed by atoms with Crippen LogP contribution in [0.15, 0.2) is 47.4 Å². The van der Waals surface area contributed by atoms with Gasteiger partial charge < -0.3 is 14.6 Å². The Hall–Kier alpha value is -2.07. The molecule has 2 aromatic rings. The van der Waals surface area contributed by atoms with Crippen LogP contribution in [-0.2, 0) is 6.61 Å². The van der Waals surface area contributed by atoms with E-state index < -0.39 is 0 Å². The van der Waals surface area contributed by atoms with Crippen LogP contribution in [0.4, 0.5) is 0 Å². The summed E-state index contributed by atoms with van der Waals surface area (Å²) in [6.07, 6.45) is 4.08. The second-order valence-electron chi connectivity index (χ2n) is 5.76. The van der Waals surface area contributed by atoms with Crippen LogP contribution < -0.4 is 15.5 Å². The van der Waals surface area contributed by atoms with E-state index in [1.165, 1.54) is 0 Å². The van der Waals surface area contributed by atoms with E-state index >= 15 is 0 Å². The molecule has 116 valence electrons. The van der Waals surface area contributed by atoms with Crippen molar-refractivity contribution in [1.29, 1.82) is 0 Å². The van der Waals surface area contributed by atoms with Crippen molar-refractivity contribution in [2.75, 3.05) is 13.1 Å². The first-order valence-corrected chi connectivity index (χ1v) is 7.85. The number of ether oxygens (including phenoxy) is 1. The number of piperidine rings is 1. The largest absolute Gasteiger partial charge is 0.483 e. The highest BCUT2D eigenvalue weighted by Gasteiger charge is 2.18. The summed E-state index contributed by atoms with van der Waals surface area (Å²) in [7, 11) is 0. The van der Waals surface area contributed by atoms with Crippen LogP contribution in [-0.4, -0.2) is 17.7 Å². The van der Waals surface area contributed by atoms with Gasteiger partial charge in [0.2, 0.25) is 5.43 Å². The van der Waals surface area contributed by atoms with E-state index in [0.29, 0.717) is 18.4 Å². The zero-order chi connectivity index (χ0) is 15.4. The van der Waals surface area contributed by atoms with Gasteiger partial charge in [-0.15, -0.1) is 0 Å². The first kappa shape index (κ1) is 14.9. The third kappa shape index (κ3) is 3.22. The van der Waals surface area contributed by atoms with Gasteiger partial charge >= 0.3 is 0 Å². The van der Waals surface area contributed by atoms with Crippen LogP contribution in [0.25, 0.3) is 0 Å². The number of nitrogens with zero attached hydrogens (tertiary/aromatic N) is 1. The minimum absolute atomic E-state index is 0.0429. The number of hydrogen-bond acceptors (Lipinski definition) is 3. The normalized spacial score (nSPS) is 15.7. The van der Waals surface area contributed by atoms with E-state index in [9.17, 15) is 4.79 Å². The molecular formula is C18H22N2O2. The summed E-state index contributed by atoms with van der Waals surface area (Å²) in [5.74, 6) is 0.477. The van der Waals surface area contributed by atoms with Crippen molar-refractivity contribution >= 4 is 0 Å². The highest BCUT2D eigenvalue weighted by Crippen LogP contribution is 2.23. The summed E-state index contributed by atoms with van der Waals surface area (Å²) in [5.41, 5.74) is 1.95. The van der Waals surface area contributed by atoms with Gasteiger partial charge in [0.25, 0.3) is 0 Å². The molecule has 22 heavy (non-hydrogen) atoms. The minimum atomic E-state index is -0.0429. The van der Waals surface area contributed by atoms with Crippen LogP contribution in [0.2, 0.25) is 0 Å². The highest BCUT2D eigenvalue weighted by molar-refractivity contribution is 5.28. The van der Waals surface area contributed by atoms with Crippen molar-refractivity contribution < 1.29 is 4.74 Å². The molecule has 0 amide bonds. The molecule has 0 atom stereocenters. The lowest BCUT2D eigenvalue weighted by Crippen LogP contribution is -2.30. The average Bonchev–Trinajstić information content (AvgIpc) is 2.56. The third-order valence-corrected chi connectivity index (χ3v) is 4.25. The van der Waals surface area contributed by atoms with E-state index in [0.717, 1.165) is 37.2 Å². The number of nitrogens with one attached hydrogen (secondary N) is 1. The maximum Gasteiger partial charge on any atom is 0.223 e. The van der Waals surface area contributed by atoms with E-state index in [-0.39, 0.29) is 5.43 Å². The van der Waals surface area contributed by atoms with Crippen LogP contribution in [0.1, 0.15) is 30.1 Å². The van der Waals surface area contributed by atoms with Gasteiger partial charge in [-0.25, -0.2) is 0 Å². The Balaban J connectivity index is 1.82. The summed E-state index contributed by atoms with van der Waals surface area (Å²) < 4.78 is 8.03. The van der Waals surface area contributed by atoms with E-state index in [1.807, 2.05) is 43.5 Å². The number of pyridine rings is 1. The van der Waals surface area contributed by atoms with Crippen LogP contribution in [0.3, 0.4) is 0 Å². The molecule has 1 aliphatic rings. The summed E-state index contributed by atoms with van der Waals surface area (Å²) in [5, 5.41) is 3.37. The standard InChI is InChI=1S/C18H22N2O2/c1-14-18(22-13-15-5-3-2-4-6-15)17(21)9-12-20(14)16-7-10-19-11-8-16/h2-6,9,12,16,19H,7-8,10-11,13H2,1H3. The Morgan fingerprint density at radius 2 is 1.91 bits per heavy atom. The van der Waals surface area contributed by atoms with Gasteiger partial charge in [-0.1, -0.05) is 30.3 Å². The maximum atomic E-state index is 12.1. The summed E-state index contributed by atoms with van der Waals surface area (Å²) in [6, 6.07) is 12.0. The van der Waals surface area contributed by atoms with Crippen molar-refractivity contribution in [3.05, 3.63) is 64.1 Å². The predicted molar refractivity (Wildman–Crippen MR) is 87.4 cm³/mol. The molecule has 1 aliphatic heterocycles. The Bertz CT molecular complexity index is 673. The SMILES string of the molecule is Cc1c(OCc2ccccc2)c(=O)ccn1C1CCNCC1. The van der Waals surface area contributed by atoms with Gasteiger partial charge in [0.15, 0.2) is 5.75 Å². The number of benzene rings is 1. The lowest BCUT2D eigenvalue weighted by atomic mass is 10.1. The molecule has 4 heteroatoms. The van der Waals surface area contributed by atoms with Crippen molar-refractivity contribution in [1.82, 2.24) is 9.88 Å². The highest BCUT2D eigenvalue weighted by atomic mass is 16.5. The molecule has 1 aromatic heterocycles. The maximum absolute atomic E-state index is 12.1. The van der Waals surface area contributed by atoms with Gasteiger partial charge in [0.1, 0.15) is 6.61 Å². The van der Waals surface area contributed by atoms with E-state index in [4.69, 9.17) is 4.74 Å². The molecule has 0 spiro atoms. The average molecular weight is 298 g/mol. The van der Waals surface area contributed by atoms with Crippen molar-refractivity contribution in [3.63, 3.8) is 0 Å². The molecule has 1 fully saturated rings. The van der Waals surface area contributed by atoms with Crippen molar-refractivity contribution in [2.45, 2.75) is 32.4 Å². The number of hydrogen-bond donors (Lipinski definition) is 1. The minimum Gasteiger partial charge on any atom is -0.483 e. The lowest BCUT2D eigenvalue weighted by Gasteiger charge is -2.27. The molecular weight excluding hydrogens is 276 g/mol. The molecule has 0 bridgehead atoms. The summed E-state index contributed by atoms with van der Waals surface area (Å²) in [4.78, 5) is 12.1. The quantitative estimate of drug-likeness (QED) is 0.943. The zero-order valence-corrected chi connectivity index (χ0v) is 12.9. The second-order valence-corrected chi connectivity index (χ2v) is 5.76. The fourth-order valence-corrected chi connectivity index (χ4v) is 3.02. The fourth-order valence-electron chi connectivity index (χ4n) is 3.02. The zero-order valence-electron chi connectivity index (χ0n) is 12.9. The first-order valence-electron chi connectivity index (χ1n) is 7.85. The fraction of sp³-hybridized carbons (Fsp3) is 0.389. The monoisotopic (exact) mass is 298 g/mol. The van der Waals surface area contributed by atoms with Gasteiger partial charge in [-0.05, 0) is 38.4 Å². The third-order valence-electron chi connectivity index (χ3n) is 4.25. The van der Waals surface area contributed by atoms with Crippen molar-refractivity contribution in [3.8, 4) is 5.75 Å². The van der Waals surface area contributed by atoms with Crippen LogP contribution >= 0.6 is 0 Å². The number of rotatable bonds is 4. The molecule has 1 saturated heterocycles. The van der Waals surface area contributed by atoms with Crippen LogP contribution in [0.5, 0.6) is 5.75 Å². The molecule has 0 radical (unpaired) electrons. The first-order chi connectivity index (χ1) is 10.8.